The SMILES string of the molecule is C[C@H]1CO[C@@H](c2ccccc2)OC1. The third kappa shape index (κ3) is 2.08. The third-order valence-electron chi connectivity index (χ3n) is 2.14. The first kappa shape index (κ1) is 8.73. The molecule has 2 rings (SSSR count). The first-order valence-electron chi connectivity index (χ1n) is 4.64. The molecule has 2 heteroatoms. The van der Waals surface area contributed by atoms with Crippen molar-refractivity contribution in [2.45, 2.75) is 13.2 Å². The lowest BCUT2D eigenvalue weighted by Gasteiger charge is -2.27. The van der Waals surface area contributed by atoms with Crippen molar-refractivity contribution in [2.75, 3.05) is 13.2 Å². The van der Waals surface area contributed by atoms with Gasteiger partial charge in [-0.05, 0) is 0 Å². The number of rotatable bonds is 1. The fourth-order valence-electron chi connectivity index (χ4n) is 1.40. The maximum atomic E-state index is 5.55. The van der Waals surface area contributed by atoms with E-state index in [0.717, 1.165) is 18.8 Å². The highest BCUT2D eigenvalue weighted by molar-refractivity contribution is 5.16. The molecule has 0 spiro atoms. The molecule has 1 heterocycles. The Labute approximate surface area is 78.5 Å². The van der Waals surface area contributed by atoms with Crippen molar-refractivity contribution in [3.8, 4) is 0 Å². The van der Waals surface area contributed by atoms with Crippen LogP contribution in [0.15, 0.2) is 30.3 Å². The monoisotopic (exact) mass is 178 g/mol. The van der Waals surface area contributed by atoms with E-state index in [0.29, 0.717) is 5.92 Å². The molecule has 0 aliphatic carbocycles. The second-order valence-corrected chi connectivity index (χ2v) is 3.51. The van der Waals surface area contributed by atoms with Crippen LogP contribution in [-0.2, 0) is 9.47 Å². The molecule has 1 aliphatic rings. The molecule has 0 unspecified atom stereocenters. The standard InChI is InChI=1S/C11H14O2/c1-9-7-12-11(13-8-9)10-5-3-2-4-6-10/h2-6,9,11H,7-8H2,1H3/t9-,11+. The van der Waals surface area contributed by atoms with E-state index in [1.165, 1.54) is 0 Å². The first-order valence-corrected chi connectivity index (χ1v) is 4.64. The molecule has 0 radical (unpaired) electrons. The van der Waals surface area contributed by atoms with Gasteiger partial charge in [0.25, 0.3) is 0 Å². The van der Waals surface area contributed by atoms with Crippen LogP contribution in [0.4, 0.5) is 0 Å². The van der Waals surface area contributed by atoms with E-state index in [-0.39, 0.29) is 6.29 Å². The fourth-order valence-corrected chi connectivity index (χ4v) is 1.40. The lowest BCUT2D eigenvalue weighted by molar-refractivity contribution is -0.202. The van der Waals surface area contributed by atoms with Gasteiger partial charge in [0.15, 0.2) is 6.29 Å². The summed E-state index contributed by atoms with van der Waals surface area (Å²) in [5.74, 6) is 0.514. The van der Waals surface area contributed by atoms with Crippen LogP contribution in [0.3, 0.4) is 0 Å². The first-order chi connectivity index (χ1) is 6.36. The molecule has 0 N–H and O–H groups in total. The summed E-state index contributed by atoms with van der Waals surface area (Å²) >= 11 is 0. The minimum absolute atomic E-state index is 0.155. The van der Waals surface area contributed by atoms with Gasteiger partial charge in [0.05, 0.1) is 13.2 Å². The Morgan fingerprint density at radius 2 is 1.69 bits per heavy atom. The van der Waals surface area contributed by atoms with Crippen LogP contribution in [0.25, 0.3) is 0 Å². The second kappa shape index (κ2) is 3.90. The van der Waals surface area contributed by atoms with E-state index in [1.54, 1.807) is 0 Å². The molecule has 70 valence electrons. The van der Waals surface area contributed by atoms with Crippen LogP contribution < -0.4 is 0 Å². The van der Waals surface area contributed by atoms with Crippen molar-refractivity contribution in [3.05, 3.63) is 35.9 Å². The summed E-state index contributed by atoms with van der Waals surface area (Å²) in [6.45, 7) is 3.71. The van der Waals surface area contributed by atoms with Gasteiger partial charge in [-0.15, -0.1) is 0 Å². The van der Waals surface area contributed by atoms with Crippen LogP contribution in [0.1, 0.15) is 18.8 Å². The van der Waals surface area contributed by atoms with Gasteiger partial charge in [-0.2, -0.15) is 0 Å². The zero-order valence-corrected chi connectivity index (χ0v) is 7.77. The number of hydrogen-bond acceptors (Lipinski definition) is 2. The predicted molar refractivity (Wildman–Crippen MR) is 50.3 cm³/mol. The van der Waals surface area contributed by atoms with Gasteiger partial charge >= 0.3 is 0 Å². The molecule has 0 bridgehead atoms. The summed E-state index contributed by atoms with van der Waals surface area (Å²) in [6.07, 6.45) is -0.155. The Kier molecular flexibility index (Phi) is 2.62. The van der Waals surface area contributed by atoms with Gasteiger partial charge in [-0.1, -0.05) is 37.3 Å². The summed E-state index contributed by atoms with van der Waals surface area (Å²) < 4.78 is 11.1. The minimum Gasteiger partial charge on any atom is -0.348 e. The molecule has 13 heavy (non-hydrogen) atoms. The molecule has 1 aromatic carbocycles. The highest BCUT2D eigenvalue weighted by Gasteiger charge is 2.19. The molecule has 2 nitrogen and oxygen atoms in total. The largest absolute Gasteiger partial charge is 0.348 e. The fraction of sp³-hybridized carbons (Fsp3) is 0.455. The summed E-state index contributed by atoms with van der Waals surface area (Å²) in [6, 6.07) is 10.1. The van der Waals surface area contributed by atoms with Gasteiger partial charge in [0, 0.05) is 11.5 Å². The van der Waals surface area contributed by atoms with Gasteiger partial charge in [-0.25, -0.2) is 0 Å². The van der Waals surface area contributed by atoms with Crippen LogP contribution in [0.2, 0.25) is 0 Å². The summed E-state index contributed by atoms with van der Waals surface area (Å²) in [5, 5.41) is 0. The summed E-state index contributed by atoms with van der Waals surface area (Å²) in [4.78, 5) is 0. The highest BCUT2D eigenvalue weighted by atomic mass is 16.7. The second-order valence-electron chi connectivity index (χ2n) is 3.51. The van der Waals surface area contributed by atoms with Crippen molar-refractivity contribution in [2.24, 2.45) is 5.92 Å². The third-order valence-corrected chi connectivity index (χ3v) is 2.14. The van der Waals surface area contributed by atoms with Crippen LogP contribution >= 0.6 is 0 Å². The Balaban J connectivity index is 2.03. The molecule has 1 fully saturated rings. The van der Waals surface area contributed by atoms with Gasteiger partial charge in [-0.3, -0.25) is 0 Å². The molecule has 0 saturated carbocycles. The summed E-state index contributed by atoms with van der Waals surface area (Å²) in [5.41, 5.74) is 1.11. The van der Waals surface area contributed by atoms with E-state index < -0.39 is 0 Å². The Bertz CT molecular complexity index is 250. The smallest absolute Gasteiger partial charge is 0.183 e. The molecular weight excluding hydrogens is 164 g/mol. The molecule has 0 atom stereocenters. The zero-order valence-electron chi connectivity index (χ0n) is 7.77. The van der Waals surface area contributed by atoms with Crippen molar-refractivity contribution < 1.29 is 9.47 Å². The van der Waals surface area contributed by atoms with E-state index in [9.17, 15) is 0 Å². The summed E-state index contributed by atoms with van der Waals surface area (Å²) in [7, 11) is 0. The molecule has 0 amide bonds. The van der Waals surface area contributed by atoms with Crippen molar-refractivity contribution in [1.29, 1.82) is 0 Å². The maximum Gasteiger partial charge on any atom is 0.183 e. The lowest BCUT2D eigenvalue weighted by atomic mass is 10.1. The molecular formula is C11H14O2. The molecule has 0 aromatic heterocycles. The molecule has 1 aromatic rings. The van der Waals surface area contributed by atoms with Gasteiger partial charge in [0.2, 0.25) is 0 Å². The van der Waals surface area contributed by atoms with Gasteiger partial charge < -0.3 is 9.47 Å². The quantitative estimate of drug-likeness (QED) is 0.657. The molecule has 1 saturated heterocycles. The van der Waals surface area contributed by atoms with Crippen molar-refractivity contribution >= 4 is 0 Å². The lowest BCUT2D eigenvalue weighted by Crippen LogP contribution is -2.24. The number of hydrogen-bond donors (Lipinski definition) is 0. The zero-order chi connectivity index (χ0) is 9.10. The molecule has 1 aliphatic heterocycles. The van der Waals surface area contributed by atoms with Gasteiger partial charge in [0.1, 0.15) is 0 Å². The Morgan fingerprint density at radius 1 is 1.08 bits per heavy atom. The van der Waals surface area contributed by atoms with E-state index >= 15 is 0 Å². The van der Waals surface area contributed by atoms with E-state index in [1.807, 2.05) is 30.3 Å². The van der Waals surface area contributed by atoms with Crippen LogP contribution in [-0.4, -0.2) is 13.2 Å². The Hall–Kier alpha value is -0.860. The minimum atomic E-state index is -0.155. The topological polar surface area (TPSA) is 18.5 Å². The normalized spacial score (nSPS) is 28.7. The maximum absolute atomic E-state index is 5.55. The van der Waals surface area contributed by atoms with E-state index in [2.05, 4.69) is 6.92 Å². The predicted octanol–water partition coefficient (Wildman–Crippen LogP) is 2.37. The Morgan fingerprint density at radius 3 is 2.31 bits per heavy atom. The average molecular weight is 178 g/mol. The number of benzene rings is 1. The van der Waals surface area contributed by atoms with Crippen LogP contribution in [0.5, 0.6) is 0 Å². The van der Waals surface area contributed by atoms with Crippen molar-refractivity contribution in [3.63, 3.8) is 0 Å². The number of ether oxygens (including phenoxy) is 2. The average Bonchev–Trinajstić information content (AvgIpc) is 2.20. The highest BCUT2D eigenvalue weighted by Crippen LogP contribution is 2.24. The van der Waals surface area contributed by atoms with Crippen LogP contribution in [0, 0.1) is 5.92 Å². The van der Waals surface area contributed by atoms with E-state index in [4.69, 9.17) is 9.47 Å². The van der Waals surface area contributed by atoms with Crippen molar-refractivity contribution in [1.82, 2.24) is 0 Å².